The predicted molar refractivity (Wildman–Crippen MR) is 102 cm³/mol. The molecule has 4 nitrogen and oxygen atoms in total. The van der Waals surface area contributed by atoms with E-state index >= 15 is 0 Å². The lowest BCUT2D eigenvalue weighted by Gasteiger charge is -2.05. The number of halogens is 1. The Balaban J connectivity index is 1.69. The zero-order chi connectivity index (χ0) is 19.4. The Morgan fingerprint density at radius 3 is 2.22 bits per heavy atom. The topological polar surface area (TPSA) is 59.4 Å². The maximum Gasteiger partial charge on any atom is 0.362 e. The molecule has 0 aliphatic rings. The number of carbonyl (C=O) groups is 1. The van der Waals surface area contributed by atoms with E-state index in [2.05, 4.69) is 4.98 Å². The maximum atomic E-state index is 12.9. The normalized spacial score (nSPS) is 10.9. The molecule has 0 atom stereocenters. The number of esters is 1. The molecule has 1 aromatic heterocycles. The highest BCUT2D eigenvalue weighted by Crippen LogP contribution is 2.24. The highest BCUT2D eigenvalue weighted by Gasteiger charge is 2.10. The SMILES string of the molecule is Cc1cc(C=Cc2ccc(C(=O)Oc3ccc(F)cc3)nc2)cc(C)c1O. The first-order valence-corrected chi connectivity index (χ1v) is 8.34. The second-order valence-electron chi connectivity index (χ2n) is 6.16. The lowest BCUT2D eigenvalue weighted by molar-refractivity contribution is 0.0728. The fourth-order valence-electron chi connectivity index (χ4n) is 2.56. The largest absolute Gasteiger partial charge is 0.507 e. The van der Waals surface area contributed by atoms with Gasteiger partial charge >= 0.3 is 5.97 Å². The van der Waals surface area contributed by atoms with Gasteiger partial charge in [-0.05, 0) is 78.6 Å². The standard InChI is InChI=1S/C22H18FNO3/c1-14-11-17(12-15(2)21(14)25)4-3-16-5-10-20(24-13-16)22(26)27-19-8-6-18(23)7-9-19/h3-13,25H,1-2H3. The molecule has 1 heterocycles. The zero-order valence-corrected chi connectivity index (χ0v) is 14.9. The van der Waals surface area contributed by atoms with Crippen LogP contribution in [0.2, 0.25) is 0 Å². The van der Waals surface area contributed by atoms with Gasteiger partial charge in [-0.1, -0.05) is 18.2 Å². The molecule has 1 N–H and O–H groups in total. The summed E-state index contributed by atoms with van der Waals surface area (Å²) >= 11 is 0. The number of aromatic nitrogens is 1. The smallest absolute Gasteiger partial charge is 0.362 e. The molecule has 0 aliphatic heterocycles. The number of aryl methyl sites for hydroxylation is 2. The number of rotatable bonds is 4. The van der Waals surface area contributed by atoms with Crippen LogP contribution in [0.25, 0.3) is 12.2 Å². The van der Waals surface area contributed by atoms with Gasteiger partial charge < -0.3 is 9.84 Å². The summed E-state index contributed by atoms with van der Waals surface area (Å²) in [6.07, 6.45) is 5.35. The molecule has 0 spiro atoms. The summed E-state index contributed by atoms with van der Waals surface area (Å²) in [7, 11) is 0. The molecule has 0 radical (unpaired) electrons. The molecule has 0 aliphatic carbocycles. The molecule has 2 aromatic carbocycles. The number of phenols is 1. The van der Waals surface area contributed by atoms with Crippen LogP contribution in [0.3, 0.4) is 0 Å². The van der Waals surface area contributed by atoms with Crippen molar-refractivity contribution in [2.45, 2.75) is 13.8 Å². The van der Waals surface area contributed by atoms with Crippen LogP contribution in [0.1, 0.15) is 32.7 Å². The summed E-state index contributed by atoms with van der Waals surface area (Å²) in [6, 6.07) is 12.3. The van der Waals surface area contributed by atoms with E-state index in [1.165, 1.54) is 24.3 Å². The van der Waals surface area contributed by atoms with E-state index in [-0.39, 0.29) is 11.4 Å². The third-order valence-corrected chi connectivity index (χ3v) is 4.00. The van der Waals surface area contributed by atoms with Crippen molar-refractivity contribution in [3.63, 3.8) is 0 Å². The molecule has 0 unspecified atom stereocenters. The van der Waals surface area contributed by atoms with Crippen LogP contribution in [0.15, 0.2) is 54.7 Å². The lowest BCUT2D eigenvalue weighted by Crippen LogP contribution is -2.10. The summed E-state index contributed by atoms with van der Waals surface area (Å²) in [5, 5.41) is 9.82. The quantitative estimate of drug-likeness (QED) is 0.527. The molecular formula is C22H18FNO3. The van der Waals surface area contributed by atoms with E-state index in [0.29, 0.717) is 5.75 Å². The van der Waals surface area contributed by atoms with Gasteiger partial charge in [-0.2, -0.15) is 0 Å². The lowest BCUT2D eigenvalue weighted by atomic mass is 10.0. The van der Waals surface area contributed by atoms with Crippen LogP contribution in [-0.4, -0.2) is 16.1 Å². The van der Waals surface area contributed by atoms with E-state index in [1.807, 2.05) is 38.1 Å². The number of pyridine rings is 1. The van der Waals surface area contributed by atoms with E-state index in [9.17, 15) is 14.3 Å². The minimum atomic E-state index is -0.609. The number of benzene rings is 2. The van der Waals surface area contributed by atoms with Crippen LogP contribution in [0, 0.1) is 19.7 Å². The molecule has 0 amide bonds. The number of hydrogen-bond donors (Lipinski definition) is 1. The Bertz CT molecular complexity index is 970. The third kappa shape index (κ3) is 4.58. The summed E-state index contributed by atoms with van der Waals surface area (Å²) in [6.45, 7) is 3.70. The minimum absolute atomic E-state index is 0.160. The van der Waals surface area contributed by atoms with Crippen LogP contribution in [-0.2, 0) is 0 Å². The number of aromatic hydroxyl groups is 1. The molecule has 3 aromatic rings. The van der Waals surface area contributed by atoms with Crippen LogP contribution < -0.4 is 4.74 Å². The second kappa shape index (κ2) is 7.83. The summed E-state index contributed by atoms with van der Waals surface area (Å²) in [4.78, 5) is 16.2. The molecule has 0 saturated carbocycles. The molecule has 3 rings (SSSR count). The highest BCUT2D eigenvalue weighted by molar-refractivity contribution is 5.89. The van der Waals surface area contributed by atoms with Crippen molar-refractivity contribution in [3.05, 3.63) is 88.5 Å². The van der Waals surface area contributed by atoms with Crippen molar-refractivity contribution in [1.29, 1.82) is 0 Å². The number of nitrogens with zero attached hydrogens (tertiary/aromatic N) is 1. The number of ether oxygens (including phenoxy) is 1. The Kier molecular flexibility index (Phi) is 5.31. The van der Waals surface area contributed by atoms with Gasteiger partial charge in [-0.3, -0.25) is 0 Å². The van der Waals surface area contributed by atoms with Gasteiger partial charge in [0, 0.05) is 6.20 Å². The molecular weight excluding hydrogens is 345 g/mol. The first kappa shape index (κ1) is 18.3. The number of carbonyl (C=O) groups excluding carboxylic acids is 1. The van der Waals surface area contributed by atoms with Crippen molar-refractivity contribution in [2.75, 3.05) is 0 Å². The summed E-state index contributed by atoms with van der Waals surface area (Å²) in [5.74, 6) is -0.451. The summed E-state index contributed by atoms with van der Waals surface area (Å²) < 4.78 is 18.0. The van der Waals surface area contributed by atoms with Gasteiger partial charge in [0.05, 0.1) is 0 Å². The van der Waals surface area contributed by atoms with E-state index in [4.69, 9.17) is 4.74 Å². The monoisotopic (exact) mass is 363 g/mol. The third-order valence-electron chi connectivity index (χ3n) is 4.00. The van der Waals surface area contributed by atoms with Crippen molar-refractivity contribution in [3.8, 4) is 11.5 Å². The number of hydrogen-bond acceptors (Lipinski definition) is 4. The van der Waals surface area contributed by atoms with Gasteiger partial charge in [0.1, 0.15) is 23.0 Å². The molecule has 136 valence electrons. The van der Waals surface area contributed by atoms with Gasteiger partial charge in [0.15, 0.2) is 0 Å². The zero-order valence-electron chi connectivity index (χ0n) is 14.9. The highest BCUT2D eigenvalue weighted by atomic mass is 19.1. The number of phenolic OH excluding ortho intramolecular Hbond substituents is 1. The van der Waals surface area contributed by atoms with E-state index in [1.54, 1.807) is 18.3 Å². The Morgan fingerprint density at radius 2 is 1.63 bits per heavy atom. The Labute approximate surface area is 156 Å². The first-order valence-electron chi connectivity index (χ1n) is 8.34. The van der Waals surface area contributed by atoms with Gasteiger partial charge in [-0.25, -0.2) is 14.2 Å². The molecule has 5 heteroatoms. The van der Waals surface area contributed by atoms with Crippen molar-refractivity contribution < 1.29 is 19.0 Å². The first-order chi connectivity index (χ1) is 12.9. The Morgan fingerprint density at radius 1 is 1.00 bits per heavy atom. The average molecular weight is 363 g/mol. The molecule has 27 heavy (non-hydrogen) atoms. The van der Waals surface area contributed by atoms with Crippen molar-refractivity contribution in [1.82, 2.24) is 4.98 Å². The summed E-state index contributed by atoms with van der Waals surface area (Å²) in [5.41, 5.74) is 3.56. The Hall–Kier alpha value is -3.47. The van der Waals surface area contributed by atoms with Gasteiger partial charge in [0.25, 0.3) is 0 Å². The van der Waals surface area contributed by atoms with Crippen molar-refractivity contribution in [2.24, 2.45) is 0 Å². The van der Waals surface area contributed by atoms with Gasteiger partial charge in [0.2, 0.25) is 0 Å². The molecule has 0 fully saturated rings. The van der Waals surface area contributed by atoms with Gasteiger partial charge in [-0.15, -0.1) is 0 Å². The second-order valence-corrected chi connectivity index (χ2v) is 6.16. The van der Waals surface area contributed by atoms with Crippen LogP contribution in [0.5, 0.6) is 11.5 Å². The maximum absolute atomic E-state index is 12.9. The molecule has 0 saturated heterocycles. The average Bonchev–Trinajstić information content (AvgIpc) is 2.66. The molecule has 0 bridgehead atoms. The van der Waals surface area contributed by atoms with Crippen molar-refractivity contribution >= 4 is 18.1 Å². The minimum Gasteiger partial charge on any atom is -0.507 e. The van der Waals surface area contributed by atoms with E-state index in [0.717, 1.165) is 22.3 Å². The predicted octanol–water partition coefficient (Wildman–Crippen LogP) is 4.93. The fraction of sp³-hybridized carbons (Fsp3) is 0.0909. The van der Waals surface area contributed by atoms with E-state index < -0.39 is 11.8 Å². The fourth-order valence-corrected chi connectivity index (χ4v) is 2.56. The van der Waals surface area contributed by atoms with Crippen LogP contribution >= 0.6 is 0 Å². The van der Waals surface area contributed by atoms with Crippen LogP contribution in [0.4, 0.5) is 4.39 Å².